The van der Waals surface area contributed by atoms with Gasteiger partial charge in [0.25, 0.3) is 11.8 Å². The van der Waals surface area contributed by atoms with Gasteiger partial charge in [0, 0.05) is 30.4 Å². The fraction of sp³-hybridized carbons (Fsp3) is 0.316. The third-order valence-electron chi connectivity index (χ3n) is 3.65. The van der Waals surface area contributed by atoms with Crippen molar-refractivity contribution in [3.63, 3.8) is 0 Å². The Hall–Kier alpha value is -2.80. The topological polar surface area (TPSA) is 89.5 Å². The number of amides is 2. The Bertz CT molecular complexity index is 840. The highest BCUT2D eigenvalue weighted by atomic mass is 35.5. The van der Waals surface area contributed by atoms with Crippen molar-refractivity contribution in [2.24, 2.45) is 5.92 Å². The van der Waals surface area contributed by atoms with E-state index in [1.807, 2.05) is 13.8 Å². The molecule has 7 nitrogen and oxygen atoms in total. The van der Waals surface area contributed by atoms with Gasteiger partial charge in [0.2, 0.25) is 0 Å². The van der Waals surface area contributed by atoms with Gasteiger partial charge in [-0.15, -0.1) is 0 Å². The summed E-state index contributed by atoms with van der Waals surface area (Å²) in [4.78, 5) is 28.8. The first kappa shape index (κ1) is 20.5. The molecule has 0 aliphatic rings. The van der Waals surface area contributed by atoms with E-state index >= 15 is 0 Å². The van der Waals surface area contributed by atoms with E-state index < -0.39 is 5.91 Å². The number of methoxy groups -OCH3 is 2. The van der Waals surface area contributed by atoms with Crippen LogP contribution in [0.3, 0.4) is 0 Å². The molecule has 2 rings (SSSR count). The standard InChI is InChI=1S/C19H22ClN3O4/c1-11(2)10-22-19(25)15-7-12(5-6-21-15)18(24)23-14-9-16(26-3)13(20)8-17(14)27-4/h5-9,11H,10H2,1-4H3,(H,22,25)(H,23,24). The third-order valence-corrected chi connectivity index (χ3v) is 3.94. The molecule has 0 saturated carbocycles. The molecule has 0 aliphatic carbocycles. The molecule has 0 saturated heterocycles. The maximum atomic E-state index is 12.6. The first-order valence-corrected chi connectivity index (χ1v) is 8.70. The number of rotatable bonds is 7. The molecule has 0 atom stereocenters. The van der Waals surface area contributed by atoms with Crippen molar-refractivity contribution in [1.82, 2.24) is 10.3 Å². The smallest absolute Gasteiger partial charge is 0.269 e. The summed E-state index contributed by atoms with van der Waals surface area (Å²) in [7, 11) is 2.95. The molecule has 27 heavy (non-hydrogen) atoms. The molecular formula is C19H22ClN3O4. The van der Waals surface area contributed by atoms with Gasteiger partial charge in [0.05, 0.1) is 24.9 Å². The van der Waals surface area contributed by atoms with Crippen molar-refractivity contribution in [1.29, 1.82) is 0 Å². The number of ether oxygens (including phenoxy) is 2. The summed E-state index contributed by atoms with van der Waals surface area (Å²) in [6.45, 7) is 4.51. The second kappa shape index (κ2) is 9.23. The van der Waals surface area contributed by atoms with Crippen molar-refractivity contribution < 1.29 is 19.1 Å². The van der Waals surface area contributed by atoms with Crippen LogP contribution in [0.15, 0.2) is 30.5 Å². The van der Waals surface area contributed by atoms with Crippen LogP contribution in [0.1, 0.15) is 34.7 Å². The summed E-state index contributed by atoms with van der Waals surface area (Å²) in [6, 6.07) is 6.07. The normalized spacial score (nSPS) is 10.4. The van der Waals surface area contributed by atoms with E-state index in [-0.39, 0.29) is 17.2 Å². The Labute approximate surface area is 163 Å². The number of carbonyl (C=O) groups excluding carboxylic acids is 2. The van der Waals surface area contributed by atoms with Crippen molar-refractivity contribution in [3.05, 3.63) is 46.7 Å². The van der Waals surface area contributed by atoms with Gasteiger partial charge in [-0.25, -0.2) is 0 Å². The number of aromatic nitrogens is 1. The fourth-order valence-electron chi connectivity index (χ4n) is 2.24. The van der Waals surface area contributed by atoms with E-state index in [0.717, 1.165) is 0 Å². The van der Waals surface area contributed by atoms with Gasteiger partial charge in [0.1, 0.15) is 17.2 Å². The summed E-state index contributed by atoms with van der Waals surface area (Å²) in [5.41, 5.74) is 0.853. The molecule has 0 aliphatic heterocycles. The van der Waals surface area contributed by atoms with E-state index in [9.17, 15) is 9.59 Å². The molecule has 0 radical (unpaired) electrons. The number of hydrogen-bond acceptors (Lipinski definition) is 5. The Morgan fingerprint density at radius 2 is 1.81 bits per heavy atom. The minimum atomic E-state index is -0.419. The van der Waals surface area contributed by atoms with Crippen molar-refractivity contribution >= 4 is 29.1 Å². The highest BCUT2D eigenvalue weighted by molar-refractivity contribution is 6.32. The van der Waals surface area contributed by atoms with E-state index in [2.05, 4.69) is 15.6 Å². The van der Waals surface area contributed by atoms with Crippen LogP contribution in [0.25, 0.3) is 0 Å². The SMILES string of the molecule is COc1cc(NC(=O)c2ccnc(C(=O)NCC(C)C)c2)c(OC)cc1Cl. The van der Waals surface area contributed by atoms with E-state index in [4.69, 9.17) is 21.1 Å². The van der Waals surface area contributed by atoms with Crippen LogP contribution in [-0.4, -0.2) is 37.6 Å². The zero-order chi connectivity index (χ0) is 20.0. The fourth-order valence-corrected chi connectivity index (χ4v) is 2.47. The number of anilines is 1. The van der Waals surface area contributed by atoms with Crippen molar-refractivity contribution in [2.75, 3.05) is 26.1 Å². The molecule has 1 aromatic heterocycles. The first-order chi connectivity index (χ1) is 12.8. The van der Waals surface area contributed by atoms with Gasteiger partial charge in [0.15, 0.2) is 0 Å². The van der Waals surface area contributed by atoms with Crippen LogP contribution < -0.4 is 20.1 Å². The minimum absolute atomic E-state index is 0.170. The summed E-state index contributed by atoms with van der Waals surface area (Å²) < 4.78 is 10.4. The average molecular weight is 392 g/mol. The maximum absolute atomic E-state index is 12.6. The lowest BCUT2D eigenvalue weighted by Crippen LogP contribution is -2.28. The van der Waals surface area contributed by atoms with Gasteiger partial charge in [-0.1, -0.05) is 25.4 Å². The number of nitrogens with one attached hydrogen (secondary N) is 2. The van der Waals surface area contributed by atoms with Crippen LogP contribution in [0.2, 0.25) is 5.02 Å². The summed E-state index contributed by atoms with van der Waals surface area (Å²) >= 11 is 6.07. The third kappa shape index (κ3) is 5.34. The van der Waals surface area contributed by atoms with Gasteiger partial charge < -0.3 is 20.1 Å². The van der Waals surface area contributed by atoms with E-state index in [0.29, 0.717) is 34.7 Å². The quantitative estimate of drug-likeness (QED) is 0.755. The van der Waals surface area contributed by atoms with Gasteiger partial charge in [-0.05, 0) is 18.1 Å². The Morgan fingerprint density at radius 3 is 2.44 bits per heavy atom. The predicted octanol–water partition coefficient (Wildman–Crippen LogP) is 3.39. The molecule has 1 aromatic carbocycles. The second-order valence-electron chi connectivity index (χ2n) is 6.17. The Balaban J connectivity index is 2.21. The molecular weight excluding hydrogens is 370 g/mol. The molecule has 2 aromatic rings. The molecule has 2 amide bonds. The number of nitrogens with zero attached hydrogens (tertiary/aromatic N) is 1. The molecule has 1 heterocycles. The average Bonchev–Trinajstić information content (AvgIpc) is 2.66. The van der Waals surface area contributed by atoms with Crippen LogP contribution in [0.4, 0.5) is 5.69 Å². The van der Waals surface area contributed by atoms with Crippen molar-refractivity contribution in [2.45, 2.75) is 13.8 Å². The number of hydrogen-bond donors (Lipinski definition) is 2. The van der Waals surface area contributed by atoms with Crippen LogP contribution >= 0.6 is 11.6 Å². The molecule has 8 heteroatoms. The van der Waals surface area contributed by atoms with Gasteiger partial charge in [-0.3, -0.25) is 14.6 Å². The number of pyridine rings is 1. The van der Waals surface area contributed by atoms with Gasteiger partial charge in [-0.2, -0.15) is 0 Å². The highest BCUT2D eigenvalue weighted by Crippen LogP contribution is 2.36. The molecule has 2 N–H and O–H groups in total. The largest absolute Gasteiger partial charge is 0.495 e. The zero-order valence-electron chi connectivity index (χ0n) is 15.6. The minimum Gasteiger partial charge on any atom is -0.495 e. The van der Waals surface area contributed by atoms with Crippen LogP contribution in [0, 0.1) is 5.92 Å². The molecule has 0 fully saturated rings. The Kier molecular flexibility index (Phi) is 7.01. The molecule has 0 spiro atoms. The molecule has 0 bridgehead atoms. The second-order valence-corrected chi connectivity index (χ2v) is 6.58. The monoisotopic (exact) mass is 391 g/mol. The zero-order valence-corrected chi connectivity index (χ0v) is 16.4. The summed E-state index contributed by atoms with van der Waals surface area (Å²) in [5, 5.41) is 5.86. The van der Waals surface area contributed by atoms with Gasteiger partial charge >= 0.3 is 0 Å². The number of carbonyl (C=O) groups is 2. The number of benzene rings is 1. The Morgan fingerprint density at radius 1 is 1.11 bits per heavy atom. The van der Waals surface area contributed by atoms with E-state index in [1.54, 1.807) is 12.1 Å². The highest BCUT2D eigenvalue weighted by Gasteiger charge is 2.16. The van der Waals surface area contributed by atoms with E-state index in [1.165, 1.54) is 32.5 Å². The lowest BCUT2D eigenvalue weighted by Gasteiger charge is -2.13. The molecule has 0 unspecified atom stereocenters. The van der Waals surface area contributed by atoms with Crippen LogP contribution in [0.5, 0.6) is 11.5 Å². The molecule has 144 valence electrons. The summed E-state index contributed by atoms with van der Waals surface area (Å²) in [5.74, 6) is 0.351. The summed E-state index contributed by atoms with van der Waals surface area (Å²) in [6.07, 6.45) is 1.42. The lowest BCUT2D eigenvalue weighted by atomic mass is 10.2. The first-order valence-electron chi connectivity index (χ1n) is 8.32. The van der Waals surface area contributed by atoms with Crippen molar-refractivity contribution in [3.8, 4) is 11.5 Å². The lowest BCUT2D eigenvalue weighted by molar-refractivity contribution is 0.0944. The number of halogens is 1. The predicted molar refractivity (Wildman–Crippen MR) is 104 cm³/mol. The maximum Gasteiger partial charge on any atom is 0.269 e. The van der Waals surface area contributed by atoms with Crippen LogP contribution in [-0.2, 0) is 0 Å².